The van der Waals surface area contributed by atoms with Gasteiger partial charge in [-0.2, -0.15) is 0 Å². The van der Waals surface area contributed by atoms with Crippen LogP contribution < -0.4 is 11.1 Å². The molecule has 0 saturated carbocycles. The van der Waals surface area contributed by atoms with Gasteiger partial charge in [0.15, 0.2) is 0 Å². The van der Waals surface area contributed by atoms with E-state index in [4.69, 9.17) is 10.5 Å². The summed E-state index contributed by atoms with van der Waals surface area (Å²) in [5.74, 6) is -1.01. The summed E-state index contributed by atoms with van der Waals surface area (Å²) in [4.78, 5) is 35.3. The zero-order chi connectivity index (χ0) is 13.5. The van der Waals surface area contributed by atoms with Gasteiger partial charge in [-0.3, -0.25) is 9.59 Å². The molecule has 3 N–H and O–H groups in total. The molecule has 1 saturated heterocycles. The fourth-order valence-electron chi connectivity index (χ4n) is 1.91. The smallest absolute Gasteiger partial charge is 0.325 e. The van der Waals surface area contributed by atoms with Crippen LogP contribution in [0.15, 0.2) is 0 Å². The molecule has 7 heteroatoms. The van der Waals surface area contributed by atoms with Crippen LogP contribution in [0, 0.1) is 5.92 Å². The van der Waals surface area contributed by atoms with Crippen LogP contribution in [0.5, 0.6) is 0 Å². The number of hydrogen-bond donors (Lipinski definition) is 2. The minimum atomic E-state index is -0.516. The van der Waals surface area contributed by atoms with E-state index < -0.39 is 12.0 Å². The van der Waals surface area contributed by atoms with E-state index in [1.54, 1.807) is 6.92 Å². The molecule has 1 rings (SSSR count). The van der Waals surface area contributed by atoms with E-state index >= 15 is 0 Å². The second kappa shape index (κ2) is 6.83. The molecule has 18 heavy (non-hydrogen) atoms. The largest absolute Gasteiger partial charge is 0.465 e. The quantitative estimate of drug-likeness (QED) is 0.660. The van der Waals surface area contributed by atoms with Crippen molar-refractivity contribution in [2.75, 3.05) is 26.2 Å². The highest BCUT2D eigenvalue weighted by Crippen LogP contribution is 2.16. The van der Waals surface area contributed by atoms with Gasteiger partial charge in [0.05, 0.1) is 12.5 Å². The average Bonchev–Trinajstić information content (AvgIpc) is 2.36. The van der Waals surface area contributed by atoms with E-state index in [-0.39, 0.29) is 25.0 Å². The molecule has 7 nitrogen and oxygen atoms in total. The van der Waals surface area contributed by atoms with Crippen molar-refractivity contribution >= 4 is 17.9 Å². The van der Waals surface area contributed by atoms with E-state index in [0.29, 0.717) is 19.5 Å². The molecular weight excluding hydrogens is 238 g/mol. The van der Waals surface area contributed by atoms with Gasteiger partial charge in [0.2, 0.25) is 5.91 Å². The number of carbonyl (C=O) groups is 3. The number of amides is 3. The van der Waals surface area contributed by atoms with Crippen molar-refractivity contribution in [2.24, 2.45) is 11.7 Å². The molecule has 1 fully saturated rings. The highest BCUT2D eigenvalue weighted by atomic mass is 16.5. The van der Waals surface area contributed by atoms with Gasteiger partial charge >= 0.3 is 12.0 Å². The van der Waals surface area contributed by atoms with Crippen molar-refractivity contribution in [1.82, 2.24) is 10.2 Å². The first-order valence-corrected chi connectivity index (χ1v) is 6.02. The van der Waals surface area contributed by atoms with Crippen molar-refractivity contribution in [2.45, 2.75) is 19.8 Å². The van der Waals surface area contributed by atoms with E-state index in [1.165, 1.54) is 4.90 Å². The van der Waals surface area contributed by atoms with Crippen LogP contribution in [0.25, 0.3) is 0 Å². The number of rotatable bonds is 4. The van der Waals surface area contributed by atoms with Crippen LogP contribution in [0.3, 0.4) is 0 Å². The van der Waals surface area contributed by atoms with Crippen LogP contribution in [-0.2, 0) is 14.3 Å². The number of likely N-dealkylation sites (tertiary alicyclic amines) is 1. The van der Waals surface area contributed by atoms with Crippen LogP contribution in [-0.4, -0.2) is 49.0 Å². The Hall–Kier alpha value is -1.79. The molecule has 0 radical (unpaired) electrons. The molecule has 0 aromatic heterocycles. The van der Waals surface area contributed by atoms with Gasteiger partial charge in [0.1, 0.15) is 6.54 Å². The topological polar surface area (TPSA) is 102 Å². The fourth-order valence-corrected chi connectivity index (χ4v) is 1.91. The lowest BCUT2D eigenvalue weighted by atomic mass is 9.97. The monoisotopic (exact) mass is 257 g/mol. The summed E-state index contributed by atoms with van der Waals surface area (Å²) < 4.78 is 4.70. The number of esters is 1. The molecule has 0 bridgehead atoms. The lowest BCUT2D eigenvalue weighted by Gasteiger charge is -2.30. The number of urea groups is 1. The summed E-state index contributed by atoms with van der Waals surface area (Å²) in [5.41, 5.74) is 5.17. The van der Waals surface area contributed by atoms with Gasteiger partial charge in [-0.1, -0.05) is 0 Å². The van der Waals surface area contributed by atoms with E-state index in [2.05, 4.69) is 5.32 Å². The number of primary amides is 1. The second-order valence-electron chi connectivity index (χ2n) is 4.15. The molecule has 1 aliphatic heterocycles. The molecule has 0 aromatic carbocycles. The Bertz CT molecular complexity index is 332. The zero-order valence-electron chi connectivity index (χ0n) is 10.5. The second-order valence-corrected chi connectivity index (χ2v) is 4.15. The van der Waals surface area contributed by atoms with Gasteiger partial charge in [-0.05, 0) is 19.8 Å². The standard InChI is InChI=1S/C11H19N3O4/c1-2-18-9(15)6-13-10(16)8-4-3-5-14(7-8)11(12)17/h8H,2-7H2,1H3,(H2,12,17)(H,13,16). The van der Waals surface area contributed by atoms with E-state index in [0.717, 1.165) is 6.42 Å². The summed E-state index contributed by atoms with van der Waals surface area (Å²) in [6, 6.07) is -0.516. The van der Waals surface area contributed by atoms with Gasteiger partial charge in [0, 0.05) is 13.1 Å². The summed E-state index contributed by atoms with van der Waals surface area (Å²) in [6.45, 7) is 2.74. The van der Waals surface area contributed by atoms with Gasteiger partial charge in [-0.15, -0.1) is 0 Å². The number of piperidine rings is 1. The highest BCUT2D eigenvalue weighted by Gasteiger charge is 2.27. The third-order valence-corrected chi connectivity index (χ3v) is 2.82. The molecule has 1 unspecified atom stereocenters. The van der Waals surface area contributed by atoms with Crippen LogP contribution >= 0.6 is 0 Å². The normalized spacial score (nSPS) is 19.2. The van der Waals surface area contributed by atoms with Crippen LogP contribution in [0.1, 0.15) is 19.8 Å². The fraction of sp³-hybridized carbons (Fsp3) is 0.727. The van der Waals surface area contributed by atoms with Crippen LogP contribution in [0.2, 0.25) is 0 Å². The maximum absolute atomic E-state index is 11.8. The Morgan fingerprint density at radius 3 is 2.78 bits per heavy atom. The lowest BCUT2D eigenvalue weighted by Crippen LogP contribution is -2.48. The number of nitrogens with one attached hydrogen (secondary N) is 1. The molecular formula is C11H19N3O4. The van der Waals surface area contributed by atoms with Gasteiger partial charge < -0.3 is 20.7 Å². The minimum Gasteiger partial charge on any atom is -0.465 e. The Morgan fingerprint density at radius 2 is 2.17 bits per heavy atom. The SMILES string of the molecule is CCOC(=O)CNC(=O)C1CCCN(C(N)=O)C1. The molecule has 102 valence electrons. The summed E-state index contributed by atoms with van der Waals surface area (Å²) in [7, 11) is 0. The lowest BCUT2D eigenvalue weighted by molar-refractivity contribution is -0.144. The molecule has 0 aliphatic carbocycles. The van der Waals surface area contributed by atoms with Gasteiger partial charge in [-0.25, -0.2) is 4.79 Å². The van der Waals surface area contributed by atoms with E-state index in [1.807, 2.05) is 0 Å². The molecule has 3 amide bonds. The minimum absolute atomic E-state index is 0.139. The Labute approximate surface area is 106 Å². The number of ether oxygens (including phenoxy) is 1. The molecule has 1 atom stereocenters. The molecule has 0 aromatic rings. The van der Waals surface area contributed by atoms with E-state index in [9.17, 15) is 14.4 Å². The van der Waals surface area contributed by atoms with Crippen molar-refractivity contribution in [3.63, 3.8) is 0 Å². The van der Waals surface area contributed by atoms with Gasteiger partial charge in [0.25, 0.3) is 0 Å². The third kappa shape index (κ3) is 4.23. The van der Waals surface area contributed by atoms with Crippen molar-refractivity contribution in [3.8, 4) is 0 Å². The summed E-state index contributed by atoms with van der Waals surface area (Å²) >= 11 is 0. The maximum Gasteiger partial charge on any atom is 0.325 e. The zero-order valence-corrected chi connectivity index (χ0v) is 10.5. The van der Waals surface area contributed by atoms with Crippen molar-refractivity contribution in [1.29, 1.82) is 0 Å². The third-order valence-electron chi connectivity index (χ3n) is 2.82. The molecule has 1 heterocycles. The summed E-state index contributed by atoms with van der Waals surface area (Å²) in [6.07, 6.45) is 1.43. The van der Waals surface area contributed by atoms with Crippen molar-refractivity contribution in [3.05, 3.63) is 0 Å². The first-order chi connectivity index (χ1) is 8.54. The number of carbonyl (C=O) groups excluding carboxylic acids is 3. The summed E-state index contributed by atoms with van der Waals surface area (Å²) in [5, 5.41) is 2.50. The first-order valence-electron chi connectivity index (χ1n) is 6.02. The maximum atomic E-state index is 11.8. The Kier molecular flexibility index (Phi) is 5.41. The predicted molar refractivity (Wildman–Crippen MR) is 63.5 cm³/mol. The number of nitrogens with two attached hydrogens (primary N) is 1. The highest BCUT2D eigenvalue weighted by molar-refractivity contribution is 5.84. The number of nitrogens with zero attached hydrogens (tertiary/aromatic N) is 1. The Morgan fingerprint density at radius 1 is 1.44 bits per heavy atom. The average molecular weight is 257 g/mol. The van der Waals surface area contributed by atoms with Crippen molar-refractivity contribution < 1.29 is 19.1 Å². The first kappa shape index (κ1) is 14.3. The Balaban J connectivity index is 2.37. The molecule has 1 aliphatic rings. The van der Waals surface area contributed by atoms with Crippen LogP contribution in [0.4, 0.5) is 4.79 Å². The predicted octanol–water partition coefficient (Wildman–Crippen LogP) is -0.544. The number of hydrogen-bond acceptors (Lipinski definition) is 4. The molecule has 0 spiro atoms.